The first-order chi connectivity index (χ1) is 12.3. The smallest absolute Gasteiger partial charge is 0.191 e. The van der Waals surface area contributed by atoms with Crippen LogP contribution < -0.4 is 15.5 Å². The van der Waals surface area contributed by atoms with Crippen molar-refractivity contribution in [2.45, 2.75) is 18.9 Å². The highest BCUT2D eigenvalue weighted by atomic mass is 16.3. The Bertz CT molecular complexity index is 668. The lowest BCUT2D eigenvalue weighted by molar-refractivity contribution is 0.510. The van der Waals surface area contributed by atoms with Gasteiger partial charge in [0, 0.05) is 44.8 Å². The molecule has 0 saturated carbocycles. The summed E-state index contributed by atoms with van der Waals surface area (Å²) in [7, 11) is 0. The molecular weight excluding hydrogens is 314 g/mol. The minimum Gasteiger partial charge on any atom is -0.469 e. The van der Waals surface area contributed by atoms with Crippen molar-refractivity contribution < 1.29 is 4.42 Å². The maximum atomic E-state index is 5.35. The van der Waals surface area contributed by atoms with Crippen molar-refractivity contribution in [3.8, 4) is 0 Å². The number of furan rings is 1. The Balaban J connectivity index is 1.53. The highest BCUT2D eigenvalue weighted by molar-refractivity contribution is 5.80. The Labute approximate surface area is 148 Å². The predicted octanol–water partition coefficient (Wildman–Crippen LogP) is 2.22. The number of aliphatic imine (C=N–C) groups is 1. The summed E-state index contributed by atoms with van der Waals surface area (Å²) in [6.45, 7) is 7.04. The van der Waals surface area contributed by atoms with Crippen LogP contribution in [0.3, 0.4) is 0 Å². The molecule has 1 saturated heterocycles. The fraction of sp³-hybridized carbons (Fsp3) is 0.368. The van der Waals surface area contributed by atoms with Crippen LogP contribution in [-0.4, -0.2) is 43.2 Å². The van der Waals surface area contributed by atoms with Crippen LogP contribution in [0.1, 0.15) is 12.2 Å². The van der Waals surface area contributed by atoms with Crippen molar-refractivity contribution >= 4 is 11.8 Å². The second-order valence-corrected chi connectivity index (χ2v) is 5.99. The van der Waals surface area contributed by atoms with E-state index in [1.807, 2.05) is 36.5 Å². The van der Waals surface area contributed by atoms with Crippen molar-refractivity contribution in [3.63, 3.8) is 0 Å². The van der Waals surface area contributed by atoms with Gasteiger partial charge in [0.1, 0.15) is 11.6 Å². The van der Waals surface area contributed by atoms with E-state index in [-0.39, 0.29) is 0 Å². The van der Waals surface area contributed by atoms with Crippen LogP contribution in [0.5, 0.6) is 0 Å². The van der Waals surface area contributed by atoms with Crippen LogP contribution in [0.4, 0.5) is 5.82 Å². The summed E-state index contributed by atoms with van der Waals surface area (Å²) in [5, 5.41) is 6.81. The second-order valence-electron chi connectivity index (χ2n) is 5.99. The van der Waals surface area contributed by atoms with Gasteiger partial charge in [-0.15, -0.1) is 6.58 Å². The third kappa shape index (κ3) is 5.11. The molecule has 0 amide bonds. The Morgan fingerprint density at radius 3 is 3.12 bits per heavy atom. The van der Waals surface area contributed by atoms with E-state index in [0.29, 0.717) is 19.1 Å². The second kappa shape index (κ2) is 8.92. The number of nitrogens with one attached hydrogen (secondary N) is 2. The molecule has 6 heteroatoms. The quantitative estimate of drug-likeness (QED) is 0.460. The van der Waals surface area contributed by atoms with Crippen LogP contribution in [0.25, 0.3) is 0 Å². The Hall–Kier alpha value is -2.76. The average Bonchev–Trinajstić information content (AvgIpc) is 3.32. The first-order valence-corrected chi connectivity index (χ1v) is 8.69. The molecular formula is C19H25N5O. The molecule has 0 spiro atoms. The molecule has 25 heavy (non-hydrogen) atoms. The molecule has 132 valence electrons. The molecule has 1 aliphatic rings. The van der Waals surface area contributed by atoms with Crippen LogP contribution in [0.2, 0.25) is 0 Å². The molecule has 0 bridgehead atoms. The van der Waals surface area contributed by atoms with Gasteiger partial charge in [0.05, 0.1) is 6.26 Å². The Kier molecular flexibility index (Phi) is 6.09. The first kappa shape index (κ1) is 17.1. The topological polar surface area (TPSA) is 65.7 Å². The van der Waals surface area contributed by atoms with Gasteiger partial charge in [0.25, 0.3) is 0 Å². The SMILES string of the molecule is C=CCNC(=NCCc1ccco1)NC1CCN(c2ccccn2)C1. The van der Waals surface area contributed by atoms with Crippen molar-refractivity contribution in [2.24, 2.45) is 4.99 Å². The van der Waals surface area contributed by atoms with Gasteiger partial charge in [-0.25, -0.2) is 4.98 Å². The number of aromatic nitrogens is 1. The van der Waals surface area contributed by atoms with Crippen molar-refractivity contribution in [2.75, 3.05) is 31.1 Å². The fourth-order valence-electron chi connectivity index (χ4n) is 2.87. The summed E-state index contributed by atoms with van der Waals surface area (Å²) >= 11 is 0. The molecule has 6 nitrogen and oxygen atoms in total. The monoisotopic (exact) mass is 339 g/mol. The zero-order valence-corrected chi connectivity index (χ0v) is 14.4. The number of pyridine rings is 1. The van der Waals surface area contributed by atoms with Gasteiger partial charge in [-0.05, 0) is 30.7 Å². The first-order valence-electron chi connectivity index (χ1n) is 8.69. The molecule has 0 aromatic carbocycles. The zero-order valence-electron chi connectivity index (χ0n) is 14.4. The van der Waals surface area contributed by atoms with Crippen molar-refractivity contribution in [1.29, 1.82) is 0 Å². The van der Waals surface area contributed by atoms with Crippen LogP contribution in [-0.2, 0) is 6.42 Å². The normalized spacial score (nSPS) is 17.5. The summed E-state index contributed by atoms with van der Waals surface area (Å²) in [5.41, 5.74) is 0. The Morgan fingerprint density at radius 2 is 2.36 bits per heavy atom. The van der Waals surface area contributed by atoms with E-state index in [2.05, 4.69) is 38.2 Å². The van der Waals surface area contributed by atoms with E-state index in [0.717, 1.165) is 43.5 Å². The van der Waals surface area contributed by atoms with Crippen LogP contribution in [0.15, 0.2) is 64.9 Å². The van der Waals surface area contributed by atoms with E-state index >= 15 is 0 Å². The summed E-state index contributed by atoms with van der Waals surface area (Å²) in [6, 6.07) is 10.2. The van der Waals surface area contributed by atoms with E-state index in [9.17, 15) is 0 Å². The molecule has 1 fully saturated rings. The summed E-state index contributed by atoms with van der Waals surface area (Å²) in [6.07, 6.45) is 7.21. The summed E-state index contributed by atoms with van der Waals surface area (Å²) in [4.78, 5) is 11.4. The Morgan fingerprint density at radius 1 is 1.40 bits per heavy atom. The van der Waals surface area contributed by atoms with E-state index < -0.39 is 0 Å². The molecule has 3 heterocycles. The lowest BCUT2D eigenvalue weighted by atomic mass is 10.3. The maximum Gasteiger partial charge on any atom is 0.191 e. The average molecular weight is 339 g/mol. The van der Waals surface area contributed by atoms with E-state index in [1.54, 1.807) is 6.26 Å². The van der Waals surface area contributed by atoms with Crippen LogP contribution in [0, 0.1) is 0 Å². The molecule has 2 aromatic rings. The molecule has 1 aliphatic heterocycles. The van der Waals surface area contributed by atoms with Gasteiger partial charge in [-0.3, -0.25) is 4.99 Å². The lowest BCUT2D eigenvalue weighted by Crippen LogP contribution is -2.45. The third-order valence-electron chi connectivity index (χ3n) is 4.12. The number of hydrogen-bond donors (Lipinski definition) is 2. The summed E-state index contributed by atoms with van der Waals surface area (Å²) < 4.78 is 5.35. The van der Waals surface area contributed by atoms with Gasteiger partial charge < -0.3 is 20.0 Å². The molecule has 2 aromatic heterocycles. The van der Waals surface area contributed by atoms with E-state index in [1.165, 1.54) is 0 Å². The summed E-state index contributed by atoms with van der Waals surface area (Å²) in [5.74, 6) is 2.80. The molecule has 0 aliphatic carbocycles. The van der Waals surface area contributed by atoms with Gasteiger partial charge in [-0.1, -0.05) is 12.1 Å². The number of hydrogen-bond acceptors (Lipinski definition) is 4. The molecule has 3 rings (SSSR count). The number of rotatable bonds is 7. The zero-order chi connectivity index (χ0) is 17.3. The number of anilines is 1. The minimum absolute atomic E-state index is 0.349. The predicted molar refractivity (Wildman–Crippen MR) is 101 cm³/mol. The highest BCUT2D eigenvalue weighted by Crippen LogP contribution is 2.17. The highest BCUT2D eigenvalue weighted by Gasteiger charge is 2.23. The fourth-order valence-corrected chi connectivity index (χ4v) is 2.87. The van der Waals surface area contributed by atoms with Crippen molar-refractivity contribution in [3.05, 3.63) is 61.2 Å². The number of guanidine groups is 1. The third-order valence-corrected chi connectivity index (χ3v) is 4.12. The largest absolute Gasteiger partial charge is 0.469 e. The standard InChI is InChI=1S/C19H25N5O/c1-2-10-21-19(22-12-8-17-6-5-14-25-17)23-16-9-13-24(15-16)18-7-3-4-11-20-18/h2-7,11,14,16H,1,8-10,12-13,15H2,(H2,21,22,23). The van der Waals surface area contributed by atoms with Gasteiger partial charge in [0.2, 0.25) is 0 Å². The minimum atomic E-state index is 0.349. The number of nitrogens with zero attached hydrogens (tertiary/aromatic N) is 3. The molecule has 1 atom stereocenters. The van der Waals surface area contributed by atoms with Crippen LogP contribution >= 0.6 is 0 Å². The maximum absolute atomic E-state index is 5.35. The van der Waals surface area contributed by atoms with Gasteiger partial charge in [0.15, 0.2) is 5.96 Å². The molecule has 0 radical (unpaired) electrons. The van der Waals surface area contributed by atoms with Gasteiger partial charge >= 0.3 is 0 Å². The van der Waals surface area contributed by atoms with Crippen molar-refractivity contribution in [1.82, 2.24) is 15.6 Å². The lowest BCUT2D eigenvalue weighted by Gasteiger charge is -2.19. The van der Waals surface area contributed by atoms with Gasteiger partial charge in [-0.2, -0.15) is 0 Å². The molecule has 2 N–H and O–H groups in total. The molecule has 1 unspecified atom stereocenters. The van der Waals surface area contributed by atoms with E-state index in [4.69, 9.17) is 4.42 Å².